The summed E-state index contributed by atoms with van der Waals surface area (Å²) in [7, 11) is -2.46. The van der Waals surface area contributed by atoms with Crippen molar-refractivity contribution < 1.29 is 17.9 Å². The molecule has 0 aliphatic carbocycles. The van der Waals surface area contributed by atoms with Crippen LogP contribution in [0, 0.1) is 5.92 Å². The molecule has 1 fully saturated rings. The Balaban J connectivity index is 1.80. The van der Waals surface area contributed by atoms with E-state index < -0.39 is 15.9 Å². The number of carbonyl (C=O) groups excluding carboxylic acids is 1. The van der Waals surface area contributed by atoms with E-state index >= 15 is 0 Å². The van der Waals surface area contributed by atoms with Gasteiger partial charge in [-0.25, -0.2) is 8.42 Å². The maximum absolute atomic E-state index is 13.1. The number of halogens is 2. The minimum atomic E-state index is -3.86. The highest BCUT2D eigenvalue weighted by molar-refractivity contribution is 7.89. The Bertz CT molecular complexity index is 982. The van der Waals surface area contributed by atoms with Crippen molar-refractivity contribution >= 4 is 44.8 Å². The maximum atomic E-state index is 13.1. The molecule has 1 aliphatic rings. The van der Waals surface area contributed by atoms with Gasteiger partial charge in [0.05, 0.1) is 23.7 Å². The Labute approximate surface area is 174 Å². The smallest absolute Gasteiger partial charge is 0.246 e. The summed E-state index contributed by atoms with van der Waals surface area (Å²) < 4.78 is 32.8. The molecule has 1 amide bonds. The lowest BCUT2D eigenvalue weighted by molar-refractivity contribution is -0.120. The summed E-state index contributed by atoms with van der Waals surface area (Å²) in [6, 6.07) is 11.4. The first kappa shape index (κ1) is 20.9. The van der Waals surface area contributed by atoms with E-state index in [0.717, 1.165) is 0 Å². The lowest BCUT2D eigenvalue weighted by atomic mass is 9.99. The monoisotopic (exact) mass is 442 g/mol. The van der Waals surface area contributed by atoms with E-state index in [2.05, 4.69) is 5.32 Å². The quantitative estimate of drug-likeness (QED) is 0.757. The molecule has 0 radical (unpaired) electrons. The van der Waals surface area contributed by atoms with Crippen LogP contribution in [-0.4, -0.2) is 38.8 Å². The van der Waals surface area contributed by atoms with Crippen molar-refractivity contribution in [2.24, 2.45) is 5.92 Å². The van der Waals surface area contributed by atoms with Crippen molar-refractivity contribution in [3.63, 3.8) is 0 Å². The molecule has 6 nitrogen and oxygen atoms in total. The number of amides is 1. The van der Waals surface area contributed by atoms with Crippen LogP contribution in [-0.2, 0) is 14.8 Å². The standard InChI is InChI=1S/C19H20Cl2N2O4S/c1-27-17-9-8-14(20)11-18(17)28(25,26)23-10-4-5-13(12-23)19(24)22-16-7-3-2-6-15(16)21/h2-3,6-9,11,13H,4-5,10,12H2,1H3,(H,22,24)/t13-/m1/s1. The fraction of sp³-hybridized carbons (Fsp3) is 0.316. The van der Waals surface area contributed by atoms with Crippen LogP contribution >= 0.6 is 23.2 Å². The lowest BCUT2D eigenvalue weighted by Gasteiger charge is -2.31. The van der Waals surface area contributed by atoms with Gasteiger partial charge in [0.1, 0.15) is 10.6 Å². The number of anilines is 1. The number of nitrogens with one attached hydrogen (secondary N) is 1. The van der Waals surface area contributed by atoms with Crippen molar-refractivity contribution in [3.8, 4) is 5.75 Å². The van der Waals surface area contributed by atoms with Gasteiger partial charge in [0.2, 0.25) is 15.9 Å². The third kappa shape index (κ3) is 4.43. The van der Waals surface area contributed by atoms with Gasteiger partial charge >= 0.3 is 0 Å². The van der Waals surface area contributed by atoms with E-state index in [0.29, 0.717) is 35.1 Å². The predicted molar refractivity (Wildman–Crippen MR) is 110 cm³/mol. The zero-order valence-corrected chi connectivity index (χ0v) is 17.5. The van der Waals surface area contributed by atoms with Gasteiger partial charge in [-0.15, -0.1) is 0 Å². The van der Waals surface area contributed by atoms with Crippen LogP contribution < -0.4 is 10.1 Å². The fourth-order valence-electron chi connectivity index (χ4n) is 3.16. The molecule has 0 spiro atoms. The van der Waals surface area contributed by atoms with Crippen LogP contribution in [0.3, 0.4) is 0 Å². The lowest BCUT2D eigenvalue weighted by Crippen LogP contribution is -2.43. The first-order valence-electron chi connectivity index (χ1n) is 8.72. The average molecular weight is 443 g/mol. The highest BCUT2D eigenvalue weighted by atomic mass is 35.5. The van der Waals surface area contributed by atoms with Gasteiger partial charge in [-0.1, -0.05) is 35.3 Å². The number of sulfonamides is 1. The first-order valence-corrected chi connectivity index (χ1v) is 10.9. The largest absolute Gasteiger partial charge is 0.495 e. The summed E-state index contributed by atoms with van der Waals surface area (Å²) in [6.07, 6.45) is 1.16. The average Bonchev–Trinajstić information content (AvgIpc) is 2.69. The van der Waals surface area contributed by atoms with Crippen LogP contribution in [0.4, 0.5) is 5.69 Å². The molecule has 0 aromatic heterocycles. The molecule has 1 N–H and O–H groups in total. The van der Waals surface area contributed by atoms with Crippen molar-refractivity contribution in [2.75, 3.05) is 25.5 Å². The van der Waals surface area contributed by atoms with Gasteiger partial charge in [0.15, 0.2) is 0 Å². The minimum Gasteiger partial charge on any atom is -0.495 e. The summed E-state index contributed by atoms with van der Waals surface area (Å²) in [6.45, 7) is 0.405. The molecule has 1 atom stereocenters. The molecule has 0 saturated carbocycles. The Kier molecular flexibility index (Phi) is 6.50. The second-order valence-electron chi connectivity index (χ2n) is 6.47. The molecule has 2 aromatic carbocycles. The molecule has 2 aromatic rings. The van der Waals surface area contributed by atoms with Crippen LogP contribution in [0.15, 0.2) is 47.4 Å². The number of hydrogen-bond acceptors (Lipinski definition) is 4. The summed E-state index contributed by atoms with van der Waals surface area (Å²) in [5.74, 6) is -0.525. The number of rotatable bonds is 5. The van der Waals surface area contributed by atoms with E-state index in [-0.39, 0.29) is 23.1 Å². The van der Waals surface area contributed by atoms with Crippen LogP contribution in [0.2, 0.25) is 10.0 Å². The van der Waals surface area contributed by atoms with Crippen molar-refractivity contribution in [1.82, 2.24) is 4.31 Å². The number of carbonyl (C=O) groups is 1. The molecule has 28 heavy (non-hydrogen) atoms. The van der Waals surface area contributed by atoms with Gasteiger partial charge in [-0.05, 0) is 43.2 Å². The van der Waals surface area contributed by atoms with Crippen LogP contribution in [0.5, 0.6) is 5.75 Å². The number of ether oxygens (including phenoxy) is 1. The van der Waals surface area contributed by atoms with Crippen LogP contribution in [0.1, 0.15) is 12.8 Å². The van der Waals surface area contributed by atoms with Gasteiger partial charge in [0.25, 0.3) is 0 Å². The second-order valence-corrected chi connectivity index (χ2v) is 9.22. The molecule has 0 bridgehead atoms. The van der Waals surface area contributed by atoms with Gasteiger partial charge in [-0.2, -0.15) is 4.31 Å². The number of methoxy groups -OCH3 is 1. The van der Waals surface area contributed by atoms with Crippen LogP contribution in [0.25, 0.3) is 0 Å². The van der Waals surface area contributed by atoms with Gasteiger partial charge in [0, 0.05) is 18.1 Å². The zero-order chi connectivity index (χ0) is 20.3. The number of nitrogens with zero attached hydrogens (tertiary/aromatic N) is 1. The third-order valence-electron chi connectivity index (χ3n) is 4.63. The summed E-state index contributed by atoms with van der Waals surface area (Å²) >= 11 is 12.1. The first-order chi connectivity index (χ1) is 13.3. The molecule has 9 heteroatoms. The molecule has 1 heterocycles. The molecular weight excluding hydrogens is 423 g/mol. The second kappa shape index (κ2) is 8.69. The predicted octanol–water partition coefficient (Wildman–Crippen LogP) is 4.04. The van der Waals surface area contributed by atoms with E-state index in [1.54, 1.807) is 30.3 Å². The van der Waals surface area contributed by atoms with E-state index in [9.17, 15) is 13.2 Å². The fourth-order valence-corrected chi connectivity index (χ4v) is 5.29. The summed E-state index contributed by atoms with van der Waals surface area (Å²) in [5, 5.41) is 3.51. The van der Waals surface area contributed by atoms with Crippen molar-refractivity contribution in [3.05, 3.63) is 52.5 Å². The highest BCUT2D eigenvalue weighted by Gasteiger charge is 2.35. The van der Waals surface area contributed by atoms with Crippen molar-refractivity contribution in [2.45, 2.75) is 17.7 Å². The van der Waals surface area contributed by atoms with E-state index in [1.807, 2.05) is 0 Å². The molecule has 0 unspecified atom stereocenters. The minimum absolute atomic E-state index is 0.00494. The Morgan fingerprint density at radius 2 is 1.96 bits per heavy atom. The topological polar surface area (TPSA) is 75.7 Å². The van der Waals surface area contributed by atoms with E-state index in [4.69, 9.17) is 27.9 Å². The summed E-state index contributed by atoms with van der Waals surface area (Å²) in [5.41, 5.74) is 0.505. The SMILES string of the molecule is COc1ccc(Cl)cc1S(=O)(=O)N1CCC[C@@H](C(=O)Nc2ccccc2Cl)C1. The van der Waals surface area contributed by atoms with Gasteiger partial charge < -0.3 is 10.1 Å². The number of hydrogen-bond donors (Lipinski definition) is 1. The van der Waals surface area contributed by atoms with Gasteiger partial charge in [-0.3, -0.25) is 4.79 Å². The number of benzene rings is 2. The number of para-hydroxylation sites is 1. The molecule has 1 aliphatic heterocycles. The normalized spacial score (nSPS) is 17.9. The third-order valence-corrected chi connectivity index (χ3v) is 7.08. The molecule has 1 saturated heterocycles. The maximum Gasteiger partial charge on any atom is 0.246 e. The molecule has 150 valence electrons. The molecule has 3 rings (SSSR count). The Hall–Kier alpha value is -1.80. The molecular formula is C19H20Cl2N2O4S. The zero-order valence-electron chi connectivity index (χ0n) is 15.2. The number of piperidine rings is 1. The van der Waals surface area contributed by atoms with E-state index in [1.165, 1.54) is 23.5 Å². The summed E-state index contributed by atoms with van der Waals surface area (Å²) in [4.78, 5) is 12.7. The highest BCUT2D eigenvalue weighted by Crippen LogP contribution is 2.32. The van der Waals surface area contributed by atoms with Crippen molar-refractivity contribution in [1.29, 1.82) is 0 Å². The Morgan fingerprint density at radius 3 is 2.68 bits per heavy atom. The Morgan fingerprint density at radius 1 is 1.21 bits per heavy atom.